The van der Waals surface area contributed by atoms with Crippen molar-refractivity contribution in [2.45, 2.75) is 65.0 Å². The van der Waals surface area contributed by atoms with E-state index in [9.17, 15) is 4.79 Å². The first kappa shape index (κ1) is 16.4. The molecule has 0 aliphatic heterocycles. The zero-order valence-corrected chi connectivity index (χ0v) is 12.7. The molecule has 1 amide bonds. The van der Waals surface area contributed by atoms with Crippen molar-refractivity contribution in [1.29, 1.82) is 0 Å². The van der Waals surface area contributed by atoms with Gasteiger partial charge in [0.05, 0.1) is 18.8 Å². The number of hydrogen-bond acceptors (Lipinski definition) is 3. The number of nitrogens with two attached hydrogens (primary N) is 1. The van der Waals surface area contributed by atoms with E-state index in [0.29, 0.717) is 25.2 Å². The Morgan fingerprint density at radius 1 is 1.42 bits per heavy atom. The third-order valence-electron chi connectivity index (χ3n) is 4.33. The molecule has 1 aliphatic carbocycles. The van der Waals surface area contributed by atoms with Gasteiger partial charge >= 0.3 is 0 Å². The Hall–Kier alpha value is -0.610. The summed E-state index contributed by atoms with van der Waals surface area (Å²) in [7, 11) is 0. The molecule has 0 saturated heterocycles. The average molecular weight is 270 g/mol. The molecular weight excluding hydrogens is 240 g/mol. The van der Waals surface area contributed by atoms with Crippen LogP contribution in [0.4, 0.5) is 0 Å². The molecule has 0 aromatic heterocycles. The predicted octanol–water partition coefficient (Wildman–Crippen LogP) is 2.07. The third-order valence-corrected chi connectivity index (χ3v) is 4.33. The Balaban J connectivity index is 2.14. The van der Waals surface area contributed by atoms with Gasteiger partial charge in [-0.25, -0.2) is 0 Å². The second-order valence-corrected chi connectivity index (χ2v) is 5.87. The van der Waals surface area contributed by atoms with E-state index in [2.05, 4.69) is 12.2 Å². The van der Waals surface area contributed by atoms with Gasteiger partial charge < -0.3 is 15.8 Å². The van der Waals surface area contributed by atoms with E-state index >= 15 is 0 Å². The Morgan fingerprint density at radius 3 is 2.74 bits per heavy atom. The minimum atomic E-state index is -0.404. The Labute approximate surface area is 117 Å². The van der Waals surface area contributed by atoms with Crippen LogP contribution in [0.25, 0.3) is 0 Å². The first-order chi connectivity index (χ1) is 9.06. The topological polar surface area (TPSA) is 64.4 Å². The Morgan fingerprint density at radius 2 is 2.11 bits per heavy atom. The van der Waals surface area contributed by atoms with Gasteiger partial charge in [0.15, 0.2) is 0 Å². The summed E-state index contributed by atoms with van der Waals surface area (Å²) in [4.78, 5) is 11.8. The lowest BCUT2D eigenvalue weighted by Gasteiger charge is -2.28. The monoisotopic (exact) mass is 270 g/mol. The van der Waals surface area contributed by atoms with Crippen molar-refractivity contribution in [1.82, 2.24) is 5.32 Å². The second kappa shape index (κ2) is 8.54. The highest BCUT2D eigenvalue weighted by Crippen LogP contribution is 2.25. The number of amides is 1. The maximum absolute atomic E-state index is 11.8. The molecule has 19 heavy (non-hydrogen) atoms. The molecule has 1 aliphatic rings. The molecule has 0 spiro atoms. The van der Waals surface area contributed by atoms with Gasteiger partial charge in [0.1, 0.15) is 0 Å². The molecule has 0 heterocycles. The first-order valence-electron chi connectivity index (χ1n) is 7.71. The van der Waals surface area contributed by atoms with Crippen molar-refractivity contribution in [3.05, 3.63) is 0 Å². The lowest BCUT2D eigenvalue weighted by atomic mass is 9.88. The highest BCUT2D eigenvalue weighted by Gasteiger charge is 2.22. The van der Waals surface area contributed by atoms with Crippen molar-refractivity contribution >= 4 is 5.91 Å². The molecule has 0 bridgehead atoms. The summed E-state index contributed by atoms with van der Waals surface area (Å²) < 4.78 is 5.86. The minimum Gasteiger partial charge on any atom is -0.376 e. The highest BCUT2D eigenvalue weighted by molar-refractivity contribution is 5.81. The smallest absolute Gasteiger partial charge is 0.237 e. The molecule has 4 nitrogen and oxygen atoms in total. The van der Waals surface area contributed by atoms with Gasteiger partial charge in [-0.15, -0.1) is 0 Å². The summed E-state index contributed by atoms with van der Waals surface area (Å²) in [5.74, 6) is 0.806. The van der Waals surface area contributed by atoms with E-state index in [-0.39, 0.29) is 11.8 Å². The van der Waals surface area contributed by atoms with Crippen molar-refractivity contribution in [3.8, 4) is 0 Å². The molecule has 0 aromatic carbocycles. The molecule has 1 rings (SSSR count). The molecule has 3 N–H and O–H groups in total. The van der Waals surface area contributed by atoms with Crippen LogP contribution < -0.4 is 11.1 Å². The van der Waals surface area contributed by atoms with Crippen LogP contribution >= 0.6 is 0 Å². The predicted molar refractivity (Wildman–Crippen MR) is 77.8 cm³/mol. The van der Waals surface area contributed by atoms with E-state index in [1.165, 1.54) is 19.3 Å². The van der Waals surface area contributed by atoms with Crippen LogP contribution in [0.3, 0.4) is 0 Å². The van der Waals surface area contributed by atoms with Crippen LogP contribution in [0.2, 0.25) is 0 Å². The summed E-state index contributed by atoms with van der Waals surface area (Å²) in [6.07, 6.45) is 6.29. The summed E-state index contributed by atoms with van der Waals surface area (Å²) in [6.45, 7) is 7.46. The van der Waals surface area contributed by atoms with Gasteiger partial charge in [-0.2, -0.15) is 0 Å². The second-order valence-electron chi connectivity index (χ2n) is 5.87. The van der Waals surface area contributed by atoms with Gasteiger partial charge in [-0.1, -0.05) is 40.0 Å². The zero-order valence-electron chi connectivity index (χ0n) is 12.7. The van der Waals surface area contributed by atoms with E-state index in [4.69, 9.17) is 10.5 Å². The van der Waals surface area contributed by atoms with Crippen LogP contribution in [0, 0.1) is 11.8 Å². The lowest BCUT2D eigenvalue weighted by molar-refractivity contribution is -0.123. The fourth-order valence-corrected chi connectivity index (χ4v) is 2.54. The number of ether oxygens (including phenoxy) is 1. The van der Waals surface area contributed by atoms with Gasteiger partial charge in [-0.05, 0) is 24.7 Å². The maximum atomic E-state index is 11.8. The van der Waals surface area contributed by atoms with Crippen molar-refractivity contribution in [3.63, 3.8) is 0 Å². The molecule has 1 fully saturated rings. The Kier molecular flexibility index (Phi) is 7.39. The van der Waals surface area contributed by atoms with E-state index in [1.54, 1.807) is 0 Å². The van der Waals surface area contributed by atoms with E-state index in [1.807, 2.05) is 13.8 Å². The van der Waals surface area contributed by atoms with Crippen LogP contribution in [0.5, 0.6) is 0 Å². The molecule has 112 valence electrons. The average Bonchev–Trinajstić information content (AvgIpc) is 2.43. The summed E-state index contributed by atoms with van der Waals surface area (Å²) in [6, 6.07) is -0.404. The molecule has 0 radical (unpaired) electrons. The van der Waals surface area contributed by atoms with E-state index in [0.717, 1.165) is 12.8 Å². The largest absolute Gasteiger partial charge is 0.376 e. The fourth-order valence-electron chi connectivity index (χ4n) is 2.54. The van der Waals surface area contributed by atoms with Crippen LogP contribution in [-0.2, 0) is 9.53 Å². The van der Waals surface area contributed by atoms with Gasteiger partial charge in [0.25, 0.3) is 0 Å². The summed E-state index contributed by atoms with van der Waals surface area (Å²) in [5, 5.41) is 2.86. The molecule has 4 heteroatoms. The molecule has 4 unspecified atom stereocenters. The first-order valence-corrected chi connectivity index (χ1v) is 7.71. The zero-order chi connectivity index (χ0) is 14.3. The lowest BCUT2D eigenvalue weighted by Crippen LogP contribution is -2.45. The SMILES string of the molecule is CCC(C)C(N)C(=O)NCCOC1CCCCC1C. The van der Waals surface area contributed by atoms with Crippen molar-refractivity contribution in [2.75, 3.05) is 13.2 Å². The number of nitrogens with one attached hydrogen (secondary N) is 1. The fraction of sp³-hybridized carbons (Fsp3) is 0.933. The summed E-state index contributed by atoms with van der Waals surface area (Å²) >= 11 is 0. The quantitative estimate of drug-likeness (QED) is 0.696. The van der Waals surface area contributed by atoms with Gasteiger partial charge in [-0.3, -0.25) is 4.79 Å². The molecule has 4 atom stereocenters. The maximum Gasteiger partial charge on any atom is 0.237 e. The highest BCUT2D eigenvalue weighted by atomic mass is 16.5. The number of rotatable bonds is 7. The third kappa shape index (κ3) is 5.49. The normalized spacial score (nSPS) is 26.7. The number of carbonyl (C=O) groups is 1. The minimum absolute atomic E-state index is 0.0605. The standard InChI is InChI=1S/C15H30N2O2/c1-4-11(2)14(16)15(18)17-9-10-19-13-8-6-5-7-12(13)3/h11-14H,4-10,16H2,1-3H3,(H,17,18). The molecule has 0 aromatic rings. The number of hydrogen-bond donors (Lipinski definition) is 2. The van der Waals surface area contributed by atoms with Crippen molar-refractivity contribution < 1.29 is 9.53 Å². The molecular formula is C15H30N2O2. The molecule has 1 saturated carbocycles. The van der Waals surface area contributed by atoms with Crippen LogP contribution in [0.1, 0.15) is 52.9 Å². The Bertz CT molecular complexity index is 271. The number of carbonyl (C=O) groups excluding carboxylic acids is 1. The van der Waals surface area contributed by atoms with Crippen LogP contribution in [0.15, 0.2) is 0 Å². The van der Waals surface area contributed by atoms with Gasteiger partial charge in [0.2, 0.25) is 5.91 Å². The van der Waals surface area contributed by atoms with Crippen LogP contribution in [-0.4, -0.2) is 31.2 Å². The van der Waals surface area contributed by atoms with Crippen molar-refractivity contribution in [2.24, 2.45) is 17.6 Å². The van der Waals surface area contributed by atoms with Gasteiger partial charge in [0, 0.05) is 6.54 Å². The van der Waals surface area contributed by atoms with E-state index < -0.39 is 6.04 Å². The summed E-state index contributed by atoms with van der Waals surface area (Å²) in [5.41, 5.74) is 5.87.